The summed E-state index contributed by atoms with van der Waals surface area (Å²) in [6, 6.07) is -0.222. The van der Waals surface area contributed by atoms with Crippen LogP contribution >= 0.6 is 0 Å². The van der Waals surface area contributed by atoms with Crippen LogP contribution in [0.1, 0.15) is 52.4 Å². The van der Waals surface area contributed by atoms with Gasteiger partial charge in [-0.3, -0.25) is 19.3 Å². The van der Waals surface area contributed by atoms with E-state index < -0.39 is 6.04 Å². The standard InChI is InChI=1S/C16H25NO5/c1-3-21-15(19)8-7-14(16(20)22-4-2)17-11-5-6-12(17)10-13(18)9-11/h11-12,14H,3-10H2,1-2H3. The monoisotopic (exact) mass is 311 g/mol. The van der Waals surface area contributed by atoms with Gasteiger partial charge in [-0.1, -0.05) is 0 Å². The van der Waals surface area contributed by atoms with Crippen LogP contribution in [0.15, 0.2) is 0 Å². The molecule has 2 aliphatic rings. The number of piperidine rings is 1. The van der Waals surface area contributed by atoms with Crippen LogP contribution in [-0.2, 0) is 23.9 Å². The molecule has 0 aromatic rings. The zero-order valence-electron chi connectivity index (χ0n) is 13.4. The second-order valence-electron chi connectivity index (χ2n) is 5.89. The number of ether oxygens (including phenoxy) is 2. The second-order valence-corrected chi connectivity index (χ2v) is 5.89. The van der Waals surface area contributed by atoms with E-state index in [-0.39, 0.29) is 36.2 Å². The average Bonchev–Trinajstić information content (AvgIpc) is 2.72. The Balaban J connectivity index is 2.06. The first-order valence-corrected chi connectivity index (χ1v) is 8.18. The molecular weight excluding hydrogens is 286 g/mol. The Labute approximate surface area is 131 Å². The summed E-state index contributed by atoms with van der Waals surface area (Å²) in [5.74, 6) is -0.313. The molecule has 6 nitrogen and oxygen atoms in total. The molecule has 124 valence electrons. The highest BCUT2D eigenvalue weighted by Gasteiger charge is 2.46. The molecule has 2 aliphatic heterocycles. The molecule has 6 heteroatoms. The van der Waals surface area contributed by atoms with Gasteiger partial charge in [-0.15, -0.1) is 0 Å². The summed E-state index contributed by atoms with van der Waals surface area (Å²) in [4.78, 5) is 37.8. The van der Waals surface area contributed by atoms with Gasteiger partial charge in [0.15, 0.2) is 0 Å². The second kappa shape index (κ2) is 7.72. The molecule has 22 heavy (non-hydrogen) atoms. The normalized spacial score (nSPS) is 25.8. The van der Waals surface area contributed by atoms with E-state index in [0.29, 0.717) is 32.5 Å². The molecule has 0 aliphatic carbocycles. The lowest BCUT2D eigenvalue weighted by molar-refractivity contribution is -0.154. The van der Waals surface area contributed by atoms with Gasteiger partial charge in [0.05, 0.1) is 13.2 Å². The quantitative estimate of drug-likeness (QED) is 0.663. The maximum Gasteiger partial charge on any atom is 0.323 e. The third-order valence-electron chi connectivity index (χ3n) is 4.45. The van der Waals surface area contributed by atoms with Crippen LogP contribution in [0.4, 0.5) is 0 Å². The zero-order valence-corrected chi connectivity index (χ0v) is 13.4. The summed E-state index contributed by atoms with van der Waals surface area (Å²) in [5, 5.41) is 0. The Bertz CT molecular complexity index is 420. The third kappa shape index (κ3) is 3.85. The highest BCUT2D eigenvalue weighted by Crippen LogP contribution is 2.36. The largest absolute Gasteiger partial charge is 0.466 e. The average molecular weight is 311 g/mol. The van der Waals surface area contributed by atoms with E-state index in [1.807, 2.05) is 0 Å². The minimum atomic E-state index is -0.449. The van der Waals surface area contributed by atoms with Crippen molar-refractivity contribution in [3.63, 3.8) is 0 Å². The molecule has 0 aromatic carbocycles. The molecule has 0 radical (unpaired) electrons. The predicted octanol–water partition coefficient (Wildman–Crippen LogP) is 1.46. The predicted molar refractivity (Wildman–Crippen MR) is 79.2 cm³/mol. The maximum absolute atomic E-state index is 12.3. The highest BCUT2D eigenvalue weighted by molar-refractivity contribution is 5.82. The number of carbonyl (C=O) groups excluding carboxylic acids is 3. The lowest BCUT2D eigenvalue weighted by Crippen LogP contribution is -2.52. The summed E-state index contributed by atoms with van der Waals surface area (Å²) in [6.45, 7) is 4.19. The van der Waals surface area contributed by atoms with Crippen molar-refractivity contribution < 1.29 is 23.9 Å². The number of ketones is 1. The first kappa shape index (κ1) is 16.9. The first-order valence-electron chi connectivity index (χ1n) is 8.18. The number of esters is 2. The van der Waals surface area contributed by atoms with E-state index in [0.717, 1.165) is 12.8 Å². The number of hydrogen-bond acceptors (Lipinski definition) is 6. The van der Waals surface area contributed by atoms with Crippen molar-refractivity contribution in [1.29, 1.82) is 0 Å². The van der Waals surface area contributed by atoms with E-state index in [2.05, 4.69) is 4.90 Å². The molecule has 2 heterocycles. The number of carbonyl (C=O) groups is 3. The van der Waals surface area contributed by atoms with Crippen LogP contribution in [0.2, 0.25) is 0 Å². The van der Waals surface area contributed by atoms with Gasteiger partial charge in [0, 0.05) is 31.3 Å². The SMILES string of the molecule is CCOC(=O)CCC(C(=O)OCC)N1C2CCC1CC(=O)C2. The van der Waals surface area contributed by atoms with Gasteiger partial charge in [0.2, 0.25) is 0 Å². The van der Waals surface area contributed by atoms with Gasteiger partial charge in [0.1, 0.15) is 11.8 Å². The molecule has 2 bridgehead atoms. The van der Waals surface area contributed by atoms with Gasteiger partial charge in [-0.05, 0) is 33.1 Å². The van der Waals surface area contributed by atoms with Crippen LogP contribution in [0.5, 0.6) is 0 Å². The van der Waals surface area contributed by atoms with Gasteiger partial charge in [-0.25, -0.2) is 0 Å². The molecule has 0 amide bonds. The van der Waals surface area contributed by atoms with Gasteiger partial charge >= 0.3 is 11.9 Å². The van der Waals surface area contributed by atoms with Crippen molar-refractivity contribution >= 4 is 17.7 Å². The molecular formula is C16H25NO5. The van der Waals surface area contributed by atoms with Gasteiger partial charge in [0.25, 0.3) is 0 Å². The Morgan fingerprint density at radius 1 is 1.14 bits per heavy atom. The smallest absolute Gasteiger partial charge is 0.323 e. The van der Waals surface area contributed by atoms with Crippen LogP contribution < -0.4 is 0 Å². The zero-order chi connectivity index (χ0) is 16.1. The Morgan fingerprint density at radius 2 is 1.73 bits per heavy atom. The van der Waals surface area contributed by atoms with Crippen molar-refractivity contribution in [1.82, 2.24) is 4.90 Å². The Kier molecular flexibility index (Phi) is 5.94. The van der Waals surface area contributed by atoms with Crippen molar-refractivity contribution in [2.45, 2.75) is 70.5 Å². The van der Waals surface area contributed by atoms with Gasteiger partial charge in [-0.2, -0.15) is 0 Å². The molecule has 2 saturated heterocycles. The summed E-state index contributed by atoms with van der Waals surface area (Å²) >= 11 is 0. The number of Topliss-reactive ketones (excluding diaryl/α,β-unsaturated/α-hetero) is 1. The van der Waals surface area contributed by atoms with Gasteiger partial charge < -0.3 is 9.47 Å². The van der Waals surface area contributed by atoms with Crippen molar-refractivity contribution in [3.8, 4) is 0 Å². The summed E-state index contributed by atoms with van der Waals surface area (Å²) < 4.78 is 10.1. The van der Waals surface area contributed by atoms with Crippen molar-refractivity contribution in [3.05, 3.63) is 0 Å². The fraction of sp³-hybridized carbons (Fsp3) is 0.812. The van der Waals surface area contributed by atoms with Crippen molar-refractivity contribution in [2.75, 3.05) is 13.2 Å². The van der Waals surface area contributed by atoms with E-state index in [1.54, 1.807) is 13.8 Å². The fourth-order valence-corrected chi connectivity index (χ4v) is 3.63. The summed E-state index contributed by atoms with van der Waals surface area (Å²) in [7, 11) is 0. The highest BCUT2D eigenvalue weighted by atomic mass is 16.5. The molecule has 2 rings (SSSR count). The molecule has 3 atom stereocenters. The molecule has 3 unspecified atom stereocenters. The number of nitrogens with zero attached hydrogens (tertiary/aromatic N) is 1. The summed E-state index contributed by atoms with van der Waals surface area (Å²) in [6.07, 6.45) is 3.47. The van der Waals surface area contributed by atoms with Crippen LogP contribution in [-0.4, -0.2) is 54.0 Å². The van der Waals surface area contributed by atoms with E-state index >= 15 is 0 Å². The van der Waals surface area contributed by atoms with Crippen molar-refractivity contribution in [2.24, 2.45) is 0 Å². The van der Waals surface area contributed by atoms with E-state index in [1.165, 1.54) is 0 Å². The molecule has 2 fully saturated rings. The molecule has 0 spiro atoms. The first-order chi connectivity index (χ1) is 10.6. The number of rotatable bonds is 7. The van der Waals surface area contributed by atoms with Crippen LogP contribution in [0.25, 0.3) is 0 Å². The Morgan fingerprint density at radius 3 is 2.27 bits per heavy atom. The third-order valence-corrected chi connectivity index (χ3v) is 4.45. The lowest BCUT2D eigenvalue weighted by Gasteiger charge is -2.38. The minimum Gasteiger partial charge on any atom is -0.466 e. The molecule has 0 aromatic heterocycles. The molecule has 0 N–H and O–H groups in total. The summed E-state index contributed by atoms with van der Waals surface area (Å²) in [5.41, 5.74) is 0. The molecule has 0 saturated carbocycles. The van der Waals surface area contributed by atoms with E-state index in [4.69, 9.17) is 9.47 Å². The van der Waals surface area contributed by atoms with Crippen LogP contribution in [0.3, 0.4) is 0 Å². The topological polar surface area (TPSA) is 72.9 Å². The fourth-order valence-electron chi connectivity index (χ4n) is 3.63. The van der Waals surface area contributed by atoms with Crippen LogP contribution in [0, 0.1) is 0 Å². The van der Waals surface area contributed by atoms with E-state index in [9.17, 15) is 14.4 Å². The number of fused-ring (bicyclic) bond motifs is 2. The minimum absolute atomic E-state index is 0.114. The lowest BCUT2D eigenvalue weighted by atomic mass is 9.97. The Hall–Kier alpha value is -1.43. The maximum atomic E-state index is 12.3. The number of hydrogen-bond donors (Lipinski definition) is 0.